The average molecular weight is 498 g/mol. The van der Waals surface area contributed by atoms with Crippen LogP contribution in [0.25, 0.3) is 0 Å². The van der Waals surface area contributed by atoms with Crippen molar-refractivity contribution in [1.82, 2.24) is 4.31 Å². The van der Waals surface area contributed by atoms with Gasteiger partial charge in [0.15, 0.2) is 11.6 Å². The van der Waals surface area contributed by atoms with Crippen molar-refractivity contribution in [2.75, 3.05) is 36.4 Å². The topological polar surface area (TPSA) is 69.7 Å². The summed E-state index contributed by atoms with van der Waals surface area (Å²) < 4.78 is 54.3. The monoisotopic (exact) mass is 497 g/mol. The Morgan fingerprint density at radius 1 is 1.00 bits per heavy atom. The lowest BCUT2D eigenvalue weighted by molar-refractivity contribution is 0.102. The number of sulfonamides is 1. The molecule has 1 aromatic heterocycles. The van der Waals surface area contributed by atoms with E-state index in [9.17, 15) is 22.0 Å². The largest absolute Gasteiger partial charge is 0.368 e. The quantitative estimate of drug-likeness (QED) is 0.565. The maximum Gasteiger partial charge on any atom is 0.267 e. The molecule has 2 aromatic carbocycles. The van der Waals surface area contributed by atoms with Crippen LogP contribution in [0.4, 0.5) is 20.2 Å². The van der Waals surface area contributed by atoms with E-state index in [2.05, 4.69) is 5.32 Å². The fourth-order valence-corrected chi connectivity index (χ4v) is 6.42. The number of carbonyl (C=O) groups is 1. The number of halogens is 3. The molecule has 1 aliphatic heterocycles. The van der Waals surface area contributed by atoms with Crippen molar-refractivity contribution < 1.29 is 22.0 Å². The van der Waals surface area contributed by atoms with Gasteiger partial charge in [-0.1, -0.05) is 23.7 Å². The van der Waals surface area contributed by atoms with Crippen LogP contribution in [0.2, 0.25) is 5.02 Å². The van der Waals surface area contributed by atoms with Crippen molar-refractivity contribution in [1.29, 1.82) is 0 Å². The summed E-state index contributed by atoms with van der Waals surface area (Å²) in [6.45, 7) is 1.36. The normalized spacial score (nSPS) is 15.0. The maximum absolute atomic E-state index is 13.4. The van der Waals surface area contributed by atoms with E-state index in [0.29, 0.717) is 18.1 Å². The maximum atomic E-state index is 13.4. The summed E-state index contributed by atoms with van der Waals surface area (Å²) in [4.78, 5) is 14.5. The highest BCUT2D eigenvalue weighted by molar-refractivity contribution is 7.89. The van der Waals surface area contributed by atoms with Gasteiger partial charge in [0.05, 0.1) is 10.7 Å². The minimum Gasteiger partial charge on any atom is -0.368 e. The van der Waals surface area contributed by atoms with Crippen LogP contribution >= 0.6 is 22.9 Å². The van der Waals surface area contributed by atoms with Crippen LogP contribution in [0, 0.1) is 11.6 Å². The molecule has 4 rings (SSSR count). The van der Waals surface area contributed by atoms with E-state index in [4.69, 9.17) is 11.6 Å². The first-order chi connectivity index (χ1) is 15.3. The summed E-state index contributed by atoms with van der Waals surface area (Å²) in [7, 11) is -3.93. The molecule has 6 nitrogen and oxygen atoms in total. The van der Waals surface area contributed by atoms with Crippen molar-refractivity contribution in [3.8, 4) is 0 Å². The van der Waals surface area contributed by atoms with E-state index in [1.54, 1.807) is 6.07 Å². The molecule has 0 radical (unpaired) electrons. The summed E-state index contributed by atoms with van der Waals surface area (Å²) in [5, 5.41) is 4.52. The number of thiophene rings is 1. The molecule has 0 unspecified atom stereocenters. The van der Waals surface area contributed by atoms with Gasteiger partial charge in [0.2, 0.25) is 10.0 Å². The van der Waals surface area contributed by atoms with Crippen molar-refractivity contribution in [3.05, 3.63) is 75.4 Å². The fraction of sp³-hybridized carbons (Fsp3) is 0.190. The van der Waals surface area contributed by atoms with Gasteiger partial charge in [0.25, 0.3) is 5.91 Å². The van der Waals surface area contributed by atoms with E-state index in [0.717, 1.165) is 29.2 Å². The Bertz CT molecular complexity index is 1260. The Hall–Kier alpha value is -2.53. The lowest BCUT2D eigenvalue weighted by Crippen LogP contribution is -2.48. The molecule has 32 heavy (non-hydrogen) atoms. The van der Waals surface area contributed by atoms with Crippen LogP contribution in [0.5, 0.6) is 0 Å². The molecule has 0 atom stereocenters. The van der Waals surface area contributed by atoms with E-state index in [-0.39, 0.29) is 28.5 Å². The molecular formula is C21H18ClF2N3O3S2. The highest BCUT2D eigenvalue weighted by Crippen LogP contribution is 2.30. The molecule has 11 heteroatoms. The number of benzene rings is 2. The van der Waals surface area contributed by atoms with Gasteiger partial charge in [-0.15, -0.1) is 11.3 Å². The minimum atomic E-state index is -3.93. The zero-order valence-corrected chi connectivity index (χ0v) is 19.0. The standard InChI is InChI=1S/C21H18ClF2N3O3S2/c22-15-3-1-2-4-18(15)26-8-10-27(11-9-26)32(29,30)19-7-12-31-20(19)21(28)25-14-5-6-16(23)17(24)13-14/h1-7,12-13H,8-11H2,(H,25,28). The molecule has 1 saturated heterocycles. The fourth-order valence-electron chi connectivity index (χ4n) is 3.44. The first kappa shape index (κ1) is 22.7. The smallest absolute Gasteiger partial charge is 0.267 e. The molecule has 2 heterocycles. The van der Waals surface area contributed by atoms with Gasteiger partial charge in [-0.2, -0.15) is 4.31 Å². The molecule has 168 valence electrons. The third-order valence-corrected chi connectivity index (χ3v) is 8.37. The van der Waals surface area contributed by atoms with E-state index < -0.39 is 27.6 Å². The third-order valence-electron chi connectivity index (χ3n) is 5.06. The molecule has 1 aliphatic rings. The minimum absolute atomic E-state index is 0.0248. The van der Waals surface area contributed by atoms with Crippen LogP contribution in [0.15, 0.2) is 58.8 Å². The van der Waals surface area contributed by atoms with Gasteiger partial charge >= 0.3 is 0 Å². The highest BCUT2D eigenvalue weighted by Gasteiger charge is 2.33. The first-order valence-corrected chi connectivity index (χ1v) is 12.3. The number of hydrogen-bond donors (Lipinski definition) is 1. The van der Waals surface area contributed by atoms with Gasteiger partial charge in [-0.3, -0.25) is 4.79 Å². The molecule has 0 saturated carbocycles. The summed E-state index contributed by atoms with van der Waals surface area (Å²) in [5.74, 6) is -2.86. The predicted molar refractivity (Wildman–Crippen MR) is 121 cm³/mol. The van der Waals surface area contributed by atoms with Crippen LogP contribution in [-0.4, -0.2) is 44.8 Å². The van der Waals surface area contributed by atoms with Crippen molar-refractivity contribution in [2.45, 2.75) is 4.90 Å². The number of para-hydroxylation sites is 1. The Balaban J connectivity index is 1.49. The van der Waals surface area contributed by atoms with Gasteiger partial charge < -0.3 is 10.2 Å². The van der Waals surface area contributed by atoms with E-state index in [1.165, 1.54) is 21.8 Å². The third kappa shape index (κ3) is 4.49. The second kappa shape index (κ2) is 9.14. The predicted octanol–water partition coefficient (Wildman–Crippen LogP) is 4.44. The van der Waals surface area contributed by atoms with Crippen molar-refractivity contribution in [2.24, 2.45) is 0 Å². The molecule has 0 aliphatic carbocycles. The summed E-state index contributed by atoms with van der Waals surface area (Å²) in [5.41, 5.74) is 0.868. The van der Waals surface area contributed by atoms with Gasteiger partial charge in [-0.05, 0) is 35.7 Å². The number of rotatable bonds is 5. The molecule has 0 bridgehead atoms. The zero-order valence-electron chi connectivity index (χ0n) is 16.6. The second-order valence-electron chi connectivity index (χ2n) is 7.04. The number of carbonyl (C=O) groups excluding carboxylic acids is 1. The molecule has 1 amide bonds. The molecule has 0 spiro atoms. The summed E-state index contributed by atoms with van der Waals surface area (Å²) >= 11 is 7.21. The number of piperazine rings is 1. The lowest BCUT2D eigenvalue weighted by Gasteiger charge is -2.35. The summed E-state index contributed by atoms with van der Waals surface area (Å²) in [6.07, 6.45) is 0. The first-order valence-electron chi connectivity index (χ1n) is 9.61. The Morgan fingerprint density at radius 2 is 1.72 bits per heavy atom. The van der Waals surface area contributed by atoms with E-state index in [1.807, 2.05) is 23.1 Å². The molecule has 1 fully saturated rings. The Morgan fingerprint density at radius 3 is 2.41 bits per heavy atom. The van der Waals surface area contributed by atoms with Crippen molar-refractivity contribution in [3.63, 3.8) is 0 Å². The van der Waals surface area contributed by atoms with Crippen LogP contribution in [0.3, 0.4) is 0 Å². The number of amides is 1. The Labute approximate surface area is 193 Å². The number of nitrogens with one attached hydrogen (secondary N) is 1. The number of hydrogen-bond acceptors (Lipinski definition) is 5. The highest BCUT2D eigenvalue weighted by atomic mass is 35.5. The van der Waals surface area contributed by atoms with E-state index >= 15 is 0 Å². The zero-order chi connectivity index (χ0) is 22.9. The SMILES string of the molecule is O=C(Nc1ccc(F)c(F)c1)c1sccc1S(=O)(=O)N1CCN(c2ccccc2Cl)CC1. The van der Waals surface area contributed by atoms with Crippen LogP contribution in [0.1, 0.15) is 9.67 Å². The molecule has 3 aromatic rings. The van der Waals surface area contributed by atoms with Gasteiger partial charge in [-0.25, -0.2) is 17.2 Å². The lowest BCUT2D eigenvalue weighted by atomic mass is 10.2. The Kier molecular flexibility index (Phi) is 6.47. The second-order valence-corrected chi connectivity index (χ2v) is 10.3. The number of nitrogens with zero attached hydrogens (tertiary/aromatic N) is 2. The van der Waals surface area contributed by atoms with Gasteiger partial charge in [0.1, 0.15) is 9.77 Å². The molecular weight excluding hydrogens is 480 g/mol. The van der Waals surface area contributed by atoms with Crippen LogP contribution in [-0.2, 0) is 10.0 Å². The summed E-state index contributed by atoms with van der Waals surface area (Å²) in [6, 6.07) is 11.7. The molecule has 1 N–H and O–H groups in total. The van der Waals surface area contributed by atoms with Crippen LogP contribution < -0.4 is 10.2 Å². The van der Waals surface area contributed by atoms with Gasteiger partial charge in [0, 0.05) is 37.9 Å². The van der Waals surface area contributed by atoms with Crippen molar-refractivity contribution >= 4 is 50.2 Å². The number of anilines is 2. The average Bonchev–Trinajstić information content (AvgIpc) is 3.28.